The molecular formula is C14H10N2O4S2. The zero-order valence-corrected chi connectivity index (χ0v) is 13.0. The van der Waals surface area contributed by atoms with E-state index in [1.165, 1.54) is 22.2 Å². The number of aromatic nitrogens is 2. The van der Waals surface area contributed by atoms with Crippen molar-refractivity contribution >= 4 is 44.6 Å². The van der Waals surface area contributed by atoms with E-state index in [9.17, 15) is 14.4 Å². The number of rotatable bonds is 4. The highest BCUT2D eigenvalue weighted by Crippen LogP contribution is 2.26. The SMILES string of the molecule is Cc1c(C(=O)O)sc2ncn(CC(=O)c3cccs3)c(=O)c12. The van der Waals surface area contributed by atoms with Crippen LogP contribution in [0.3, 0.4) is 0 Å². The quantitative estimate of drug-likeness (QED) is 0.740. The molecule has 8 heteroatoms. The third kappa shape index (κ3) is 2.36. The summed E-state index contributed by atoms with van der Waals surface area (Å²) < 4.78 is 1.22. The average Bonchev–Trinajstić information content (AvgIpc) is 3.10. The molecule has 0 fully saturated rings. The standard InChI is InChI=1S/C14H10N2O4S2/c1-7-10-12(22-11(7)14(19)20)15-6-16(13(10)18)5-8(17)9-3-2-4-21-9/h2-4,6H,5H2,1H3,(H,19,20). The number of aryl methyl sites for hydroxylation is 1. The van der Waals surface area contributed by atoms with Crippen LogP contribution in [0, 0.1) is 6.92 Å². The molecule has 22 heavy (non-hydrogen) atoms. The molecule has 0 saturated heterocycles. The van der Waals surface area contributed by atoms with Gasteiger partial charge >= 0.3 is 5.97 Å². The van der Waals surface area contributed by atoms with Gasteiger partial charge in [0.2, 0.25) is 0 Å². The molecule has 0 spiro atoms. The molecule has 0 amide bonds. The van der Waals surface area contributed by atoms with Crippen molar-refractivity contribution in [2.24, 2.45) is 0 Å². The van der Waals surface area contributed by atoms with Gasteiger partial charge in [0.1, 0.15) is 9.71 Å². The zero-order valence-electron chi connectivity index (χ0n) is 11.4. The smallest absolute Gasteiger partial charge is 0.346 e. The lowest BCUT2D eigenvalue weighted by Gasteiger charge is -2.03. The number of aromatic carboxylic acids is 1. The number of carboxylic acids is 1. The second-order valence-corrected chi connectivity index (χ2v) is 6.57. The first-order chi connectivity index (χ1) is 10.5. The van der Waals surface area contributed by atoms with Gasteiger partial charge in [-0.05, 0) is 23.9 Å². The fourth-order valence-corrected chi connectivity index (χ4v) is 3.78. The Morgan fingerprint density at radius 2 is 2.18 bits per heavy atom. The van der Waals surface area contributed by atoms with Crippen LogP contribution in [0.25, 0.3) is 10.2 Å². The van der Waals surface area contributed by atoms with Crippen molar-refractivity contribution in [1.82, 2.24) is 9.55 Å². The molecule has 0 aromatic carbocycles. The highest BCUT2D eigenvalue weighted by atomic mass is 32.1. The Labute approximate surface area is 132 Å². The third-order valence-corrected chi connectivity index (χ3v) is 5.32. The maximum atomic E-state index is 12.5. The summed E-state index contributed by atoms with van der Waals surface area (Å²) in [6.07, 6.45) is 1.29. The van der Waals surface area contributed by atoms with E-state index in [1.54, 1.807) is 24.4 Å². The summed E-state index contributed by atoms with van der Waals surface area (Å²) >= 11 is 2.27. The number of carboxylic acid groups (broad SMARTS) is 1. The lowest BCUT2D eigenvalue weighted by atomic mass is 10.2. The van der Waals surface area contributed by atoms with E-state index in [2.05, 4.69) is 4.98 Å². The van der Waals surface area contributed by atoms with Gasteiger partial charge in [-0.25, -0.2) is 9.78 Å². The second-order valence-electron chi connectivity index (χ2n) is 4.62. The number of carbonyl (C=O) groups is 2. The third-order valence-electron chi connectivity index (χ3n) is 3.22. The van der Waals surface area contributed by atoms with Crippen LogP contribution in [-0.2, 0) is 6.54 Å². The Bertz CT molecular complexity index is 938. The minimum Gasteiger partial charge on any atom is -0.477 e. The number of fused-ring (bicyclic) bond motifs is 1. The van der Waals surface area contributed by atoms with Crippen LogP contribution in [0.2, 0.25) is 0 Å². The molecule has 0 saturated carbocycles. The molecular weight excluding hydrogens is 324 g/mol. The van der Waals surface area contributed by atoms with Crippen LogP contribution in [0.4, 0.5) is 0 Å². The average molecular weight is 334 g/mol. The van der Waals surface area contributed by atoms with E-state index >= 15 is 0 Å². The van der Waals surface area contributed by atoms with Gasteiger partial charge in [-0.15, -0.1) is 22.7 Å². The number of carbonyl (C=O) groups excluding carboxylic acids is 1. The summed E-state index contributed by atoms with van der Waals surface area (Å²) in [5.41, 5.74) is -0.000853. The van der Waals surface area contributed by atoms with E-state index in [1.807, 2.05) is 0 Å². The molecule has 0 aliphatic heterocycles. The van der Waals surface area contributed by atoms with Crippen molar-refractivity contribution < 1.29 is 14.7 Å². The van der Waals surface area contributed by atoms with Crippen LogP contribution >= 0.6 is 22.7 Å². The highest BCUT2D eigenvalue weighted by Gasteiger charge is 2.19. The van der Waals surface area contributed by atoms with Crippen LogP contribution in [0.5, 0.6) is 0 Å². The van der Waals surface area contributed by atoms with E-state index in [4.69, 9.17) is 5.11 Å². The van der Waals surface area contributed by atoms with Gasteiger partial charge < -0.3 is 5.11 Å². The summed E-state index contributed by atoms with van der Waals surface area (Å²) in [5.74, 6) is -1.26. The van der Waals surface area contributed by atoms with E-state index in [-0.39, 0.29) is 22.6 Å². The number of hydrogen-bond donors (Lipinski definition) is 1. The molecule has 6 nitrogen and oxygen atoms in total. The minimum absolute atomic E-state index is 0.0990. The molecule has 0 radical (unpaired) electrons. The van der Waals surface area contributed by atoms with Crippen molar-refractivity contribution in [3.05, 3.63) is 49.5 Å². The van der Waals surface area contributed by atoms with Gasteiger partial charge in [-0.2, -0.15) is 0 Å². The Hall–Kier alpha value is -2.32. The van der Waals surface area contributed by atoms with Gasteiger partial charge in [0, 0.05) is 0 Å². The van der Waals surface area contributed by atoms with E-state index in [0.717, 1.165) is 11.3 Å². The van der Waals surface area contributed by atoms with Crippen molar-refractivity contribution in [3.63, 3.8) is 0 Å². The Kier molecular flexibility index (Phi) is 3.63. The van der Waals surface area contributed by atoms with Gasteiger partial charge in [-0.3, -0.25) is 14.2 Å². The van der Waals surface area contributed by atoms with Crippen molar-refractivity contribution in [1.29, 1.82) is 0 Å². The normalized spacial score (nSPS) is 11.0. The largest absolute Gasteiger partial charge is 0.477 e. The van der Waals surface area contributed by atoms with Crippen LogP contribution in [0.15, 0.2) is 28.6 Å². The molecule has 0 atom stereocenters. The fraction of sp³-hybridized carbons (Fsp3) is 0.143. The molecule has 0 bridgehead atoms. The fourth-order valence-electron chi connectivity index (χ4n) is 2.15. The predicted molar refractivity (Wildman–Crippen MR) is 84.2 cm³/mol. The summed E-state index contributed by atoms with van der Waals surface area (Å²) in [5, 5.41) is 11.2. The first-order valence-corrected chi connectivity index (χ1v) is 7.97. The van der Waals surface area contributed by atoms with Crippen LogP contribution in [-0.4, -0.2) is 26.4 Å². The first-order valence-electron chi connectivity index (χ1n) is 6.27. The Morgan fingerprint density at radius 1 is 1.41 bits per heavy atom. The van der Waals surface area contributed by atoms with Crippen molar-refractivity contribution in [3.8, 4) is 0 Å². The molecule has 0 unspecified atom stereocenters. The molecule has 0 aliphatic rings. The number of Topliss-reactive ketones (excluding diaryl/α,β-unsaturated/α-hetero) is 1. The molecule has 3 heterocycles. The van der Waals surface area contributed by atoms with Gasteiger partial charge in [0.15, 0.2) is 5.78 Å². The second kappa shape index (κ2) is 5.47. The van der Waals surface area contributed by atoms with Crippen LogP contribution in [0.1, 0.15) is 24.9 Å². The molecule has 112 valence electrons. The summed E-state index contributed by atoms with van der Waals surface area (Å²) in [7, 11) is 0. The number of nitrogens with zero attached hydrogens (tertiary/aromatic N) is 2. The summed E-state index contributed by atoms with van der Waals surface area (Å²) in [6, 6.07) is 3.46. The topological polar surface area (TPSA) is 89.3 Å². The lowest BCUT2D eigenvalue weighted by Crippen LogP contribution is -2.24. The maximum absolute atomic E-state index is 12.5. The number of hydrogen-bond acceptors (Lipinski definition) is 6. The van der Waals surface area contributed by atoms with Crippen LogP contribution < -0.4 is 5.56 Å². The maximum Gasteiger partial charge on any atom is 0.346 e. The first kappa shape index (κ1) is 14.6. The van der Waals surface area contributed by atoms with Gasteiger partial charge in [0.05, 0.1) is 23.1 Å². The highest BCUT2D eigenvalue weighted by molar-refractivity contribution is 7.20. The molecule has 3 rings (SSSR count). The van der Waals surface area contributed by atoms with E-state index in [0.29, 0.717) is 15.3 Å². The zero-order chi connectivity index (χ0) is 15.9. The monoisotopic (exact) mass is 334 g/mol. The summed E-state index contributed by atoms with van der Waals surface area (Å²) in [6.45, 7) is 1.47. The molecule has 3 aromatic heterocycles. The molecule has 1 N–H and O–H groups in total. The predicted octanol–water partition coefficient (Wildman–Crippen LogP) is 2.41. The van der Waals surface area contributed by atoms with Gasteiger partial charge in [-0.1, -0.05) is 6.07 Å². The molecule has 3 aromatic rings. The Morgan fingerprint density at radius 3 is 2.82 bits per heavy atom. The van der Waals surface area contributed by atoms with E-state index < -0.39 is 11.5 Å². The summed E-state index contributed by atoms with van der Waals surface area (Å²) in [4.78, 5) is 40.9. The van der Waals surface area contributed by atoms with Gasteiger partial charge in [0.25, 0.3) is 5.56 Å². The lowest BCUT2D eigenvalue weighted by molar-refractivity contribution is 0.0701. The number of thiophene rings is 2. The van der Waals surface area contributed by atoms with Crippen molar-refractivity contribution in [2.45, 2.75) is 13.5 Å². The minimum atomic E-state index is -1.08. The molecule has 0 aliphatic carbocycles. The Balaban J connectivity index is 2.07. The number of ketones is 1. The van der Waals surface area contributed by atoms with Crippen molar-refractivity contribution in [2.75, 3.05) is 0 Å².